The van der Waals surface area contributed by atoms with E-state index in [-0.39, 0.29) is 11.3 Å². The molecular weight excluding hydrogens is 340 g/mol. The predicted molar refractivity (Wildman–Crippen MR) is 95.1 cm³/mol. The maximum absolute atomic E-state index is 12.5. The molecule has 1 N–H and O–H groups in total. The summed E-state index contributed by atoms with van der Waals surface area (Å²) >= 11 is 0. The van der Waals surface area contributed by atoms with Crippen LogP contribution in [0.15, 0.2) is 6.07 Å². The Labute approximate surface area is 149 Å². The lowest BCUT2D eigenvalue weighted by molar-refractivity contribution is -0.132. The molecule has 1 fully saturated rings. The predicted octanol–water partition coefficient (Wildman–Crippen LogP) is 1.63. The Morgan fingerprint density at radius 3 is 2.64 bits per heavy atom. The first-order chi connectivity index (χ1) is 11.8. The molecule has 1 aliphatic carbocycles. The van der Waals surface area contributed by atoms with Crippen LogP contribution in [0.5, 0.6) is 0 Å². The topological polar surface area (TPSA) is 84.3 Å². The smallest absolute Gasteiger partial charge is 0.226 e. The van der Waals surface area contributed by atoms with Crippen molar-refractivity contribution in [1.82, 2.24) is 19.4 Å². The molecule has 2 heterocycles. The van der Waals surface area contributed by atoms with Crippen molar-refractivity contribution in [2.45, 2.75) is 65.1 Å². The molecule has 0 saturated heterocycles. The minimum Gasteiger partial charge on any atom is -0.350 e. The number of hydrogen-bond donors (Lipinski definition) is 1. The van der Waals surface area contributed by atoms with Crippen LogP contribution < -0.4 is 5.32 Å². The SMILES string of the molecule is CC1(C(=O)NCc2cc3n(n2)CCCN(S(C)(=O)=O)C3)CCCCC1. The van der Waals surface area contributed by atoms with Gasteiger partial charge in [0.25, 0.3) is 0 Å². The molecule has 25 heavy (non-hydrogen) atoms. The lowest BCUT2D eigenvalue weighted by Crippen LogP contribution is -2.40. The van der Waals surface area contributed by atoms with Crippen molar-refractivity contribution in [1.29, 1.82) is 0 Å². The van der Waals surface area contributed by atoms with E-state index in [1.807, 2.05) is 17.7 Å². The zero-order valence-electron chi connectivity index (χ0n) is 15.1. The number of aryl methyl sites for hydroxylation is 1. The highest BCUT2D eigenvalue weighted by Gasteiger charge is 2.34. The highest BCUT2D eigenvalue weighted by atomic mass is 32.2. The number of fused-ring (bicyclic) bond motifs is 1. The van der Waals surface area contributed by atoms with E-state index in [1.54, 1.807) is 0 Å². The van der Waals surface area contributed by atoms with Crippen LogP contribution >= 0.6 is 0 Å². The largest absolute Gasteiger partial charge is 0.350 e. The molecule has 0 atom stereocenters. The van der Waals surface area contributed by atoms with E-state index < -0.39 is 10.0 Å². The van der Waals surface area contributed by atoms with Gasteiger partial charge in [0, 0.05) is 18.5 Å². The number of nitrogens with zero attached hydrogens (tertiary/aromatic N) is 3. The van der Waals surface area contributed by atoms with Gasteiger partial charge in [-0.2, -0.15) is 9.40 Å². The van der Waals surface area contributed by atoms with E-state index in [4.69, 9.17) is 0 Å². The second kappa shape index (κ2) is 7.07. The molecule has 140 valence electrons. The van der Waals surface area contributed by atoms with Gasteiger partial charge in [0.15, 0.2) is 0 Å². The molecule has 1 aliphatic heterocycles. The number of amides is 1. The second-order valence-corrected chi connectivity index (χ2v) is 9.59. The second-order valence-electron chi connectivity index (χ2n) is 7.60. The van der Waals surface area contributed by atoms with Gasteiger partial charge in [-0.1, -0.05) is 26.2 Å². The van der Waals surface area contributed by atoms with Crippen LogP contribution in [0.25, 0.3) is 0 Å². The average Bonchev–Trinajstić information content (AvgIpc) is 2.82. The highest BCUT2D eigenvalue weighted by molar-refractivity contribution is 7.88. The fraction of sp³-hybridized carbons (Fsp3) is 0.765. The number of rotatable bonds is 4. The van der Waals surface area contributed by atoms with Crippen molar-refractivity contribution in [2.24, 2.45) is 5.41 Å². The van der Waals surface area contributed by atoms with Gasteiger partial charge < -0.3 is 5.32 Å². The van der Waals surface area contributed by atoms with Crippen LogP contribution in [0.1, 0.15) is 56.8 Å². The van der Waals surface area contributed by atoms with Gasteiger partial charge in [-0.25, -0.2) is 8.42 Å². The summed E-state index contributed by atoms with van der Waals surface area (Å²) in [6.45, 7) is 4.01. The van der Waals surface area contributed by atoms with Gasteiger partial charge in [0.1, 0.15) is 0 Å². The molecule has 0 bridgehead atoms. The fourth-order valence-electron chi connectivity index (χ4n) is 3.81. The monoisotopic (exact) mass is 368 g/mol. The first kappa shape index (κ1) is 18.4. The fourth-order valence-corrected chi connectivity index (χ4v) is 4.63. The first-order valence-electron chi connectivity index (χ1n) is 9.07. The number of carbonyl (C=O) groups excluding carboxylic acids is 1. The molecule has 1 saturated carbocycles. The summed E-state index contributed by atoms with van der Waals surface area (Å²) in [6, 6.07) is 1.91. The van der Waals surface area contributed by atoms with Crippen molar-refractivity contribution in [3.8, 4) is 0 Å². The summed E-state index contributed by atoms with van der Waals surface area (Å²) in [6.07, 6.45) is 7.32. The van der Waals surface area contributed by atoms with Crippen molar-refractivity contribution >= 4 is 15.9 Å². The normalized spacial score (nSPS) is 21.4. The van der Waals surface area contributed by atoms with Crippen molar-refractivity contribution in [3.05, 3.63) is 17.5 Å². The molecule has 0 unspecified atom stereocenters. The third-order valence-corrected chi connectivity index (χ3v) is 6.68. The summed E-state index contributed by atoms with van der Waals surface area (Å²) in [5.74, 6) is 0.105. The Hall–Kier alpha value is -1.41. The number of carbonyl (C=O) groups is 1. The summed E-state index contributed by atoms with van der Waals surface area (Å²) in [5, 5.41) is 7.58. The molecule has 0 spiro atoms. The van der Waals surface area contributed by atoms with E-state index in [1.165, 1.54) is 17.0 Å². The minimum absolute atomic E-state index is 0.105. The van der Waals surface area contributed by atoms with Crippen LogP contribution in [-0.2, 0) is 34.5 Å². The Kier molecular flexibility index (Phi) is 5.20. The van der Waals surface area contributed by atoms with Gasteiger partial charge >= 0.3 is 0 Å². The first-order valence-corrected chi connectivity index (χ1v) is 10.9. The zero-order valence-corrected chi connectivity index (χ0v) is 15.9. The summed E-state index contributed by atoms with van der Waals surface area (Å²) in [7, 11) is -3.21. The maximum atomic E-state index is 12.5. The van der Waals surface area contributed by atoms with Gasteiger partial charge in [0.2, 0.25) is 15.9 Å². The standard InChI is InChI=1S/C17H28N4O3S/c1-17(7-4-3-5-8-17)16(22)18-12-14-11-15-13-20(25(2,23)24)9-6-10-21(15)19-14/h11H,3-10,12-13H2,1-2H3,(H,18,22). The van der Waals surface area contributed by atoms with Crippen molar-refractivity contribution in [2.75, 3.05) is 12.8 Å². The van der Waals surface area contributed by atoms with E-state index in [9.17, 15) is 13.2 Å². The molecule has 2 aliphatic rings. The summed E-state index contributed by atoms with van der Waals surface area (Å²) < 4.78 is 27.0. The van der Waals surface area contributed by atoms with Crippen LogP contribution in [0.2, 0.25) is 0 Å². The third-order valence-electron chi connectivity index (χ3n) is 5.43. The van der Waals surface area contributed by atoms with Gasteiger partial charge in [-0.15, -0.1) is 0 Å². The van der Waals surface area contributed by atoms with Crippen LogP contribution in [0.4, 0.5) is 0 Å². The lowest BCUT2D eigenvalue weighted by Gasteiger charge is -2.31. The third kappa shape index (κ3) is 4.23. The Morgan fingerprint density at radius 1 is 1.24 bits per heavy atom. The molecular formula is C17H28N4O3S. The van der Waals surface area contributed by atoms with E-state index in [0.717, 1.165) is 43.5 Å². The molecule has 1 aromatic rings. The minimum atomic E-state index is -3.21. The van der Waals surface area contributed by atoms with Crippen molar-refractivity contribution < 1.29 is 13.2 Å². The number of aromatic nitrogens is 2. The number of sulfonamides is 1. The molecule has 0 radical (unpaired) electrons. The Morgan fingerprint density at radius 2 is 1.96 bits per heavy atom. The van der Waals surface area contributed by atoms with Gasteiger partial charge in [0.05, 0.1) is 30.7 Å². The lowest BCUT2D eigenvalue weighted by atomic mass is 9.75. The Bertz CT molecular complexity index is 735. The zero-order chi connectivity index (χ0) is 18.1. The Balaban J connectivity index is 1.64. The average molecular weight is 369 g/mol. The molecule has 1 aromatic heterocycles. The molecule has 7 nitrogen and oxygen atoms in total. The number of hydrogen-bond acceptors (Lipinski definition) is 4. The maximum Gasteiger partial charge on any atom is 0.226 e. The van der Waals surface area contributed by atoms with E-state index in [0.29, 0.717) is 26.2 Å². The van der Waals surface area contributed by atoms with Gasteiger partial charge in [-0.3, -0.25) is 9.48 Å². The summed E-state index contributed by atoms with van der Waals surface area (Å²) in [4.78, 5) is 12.5. The summed E-state index contributed by atoms with van der Waals surface area (Å²) in [5.41, 5.74) is 1.41. The van der Waals surface area contributed by atoms with E-state index >= 15 is 0 Å². The van der Waals surface area contributed by atoms with Crippen molar-refractivity contribution in [3.63, 3.8) is 0 Å². The molecule has 1 amide bonds. The highest BCUT2D eigenvalue weighted by Crippen LogP contribution is 2.35. The van der Waals surface area contributed by atoms with Crippen LogP contribution in [-0.4, -0.2) is 41.2 Å². The molecule has 8 heteroatoms. The number of nitrogens with one attached hydrogen (secondary N) is 1. The van der Waals surface area contributed by atoms with Crippen LogP contribution in [0, 0.1) is 5.41 Å². The molecule has 3 rings (SSSR count). The quantitative estimate of drug-likeness (QED) is 0.875. The van der Waals surface area contributed by atoms with E-state index in [2.05, 4.69) is 10.4 Å². The van der Waals surface area contributed by atoms with Gasteiger partial charge in [-0.05, 0) is 25.3 Å². The molecule has 0 aromatic carbocycles. The van der Waals surface area contributed by atoms with Crippen LogP contribution in [0.3, 0.4) is 0 Å².